The number of nitrogens with one attached hydrogen (secondary N) is 1. The topological polar surface area (TPSA) is 87.1 Å². The molecule has 1 unspecified atom stereocenters. The summed E-state index contributed by atoms with van der Waals surface area (Å²) in [4.78, 5) is 14.7. The fraction of sp³-hybridized carbons (Fsp3) is 0.500. The molecular formula is C14H20N4O2. The number of hydrogen-bond donors (Lipinski definition) is 1. The van der Waals surface area contributed by atoms with Crippen molar-refractivity contribution in [2.45, 2.75) is 26.3 Å². The van der Waals surface area contributed by atoms with Crippen molar-refractivity contribution >= 4 is 5.97 Å². The summed E-state index contributed by atoms with van der Waals surface area (Å²) >= 11 is 0. The van der Waals surface area contributed by atoms with Crippen LogP contribution in [0.3, 0.4) is 0 Å². The van der Waals surface area contributed by atoms with Gasteiger partial charge in [0.25, 0.3) is 0 Å². The summed E-state index contributed by atoms with van der Waals surface area (Å²) in [5, 5.41) is 6.60. The molecule has 0 aliphatic rings. The Bertz CT molecular complexity index is 467. The first-order chi connectivity index (χ1) is 9.69. The third kappa shape index (κ3) is 5.30. The zero-order chi connectivity index (χ0) is 14.8. The molecule has 1 aromatic rings. The Morgan fingerprint density at radius 3 is 2.75 bits per heavy atom. The molecule has 1 rings (SSSR count). The Morgan fingerprint density at radius 2 is 2.15 bits per heavy atom. The van der Waals surface area contributed by atoms with Crippen molar-refractivity contribution in [3.8, 4) is 0 Å². The summed E-state index contributed by atoms with van der Waals surface area (Å²) in [6, 6.07) is 7.27. The van der Waals surface area contributed by atoms with Gasteiger partial charge in [-0.3, -0.25) is 0 Å². The highest BCUT2D eigenvalue weighted by molar-refractivity contribution is 5.77. The summed E-state index contributed by atoms with van der Waals surface area (Å²) in [5.74, 6) is -0.292. The van der Waals surface area contributed by atoms with E-state index in [9.17, 15) is 4.79 Å². The van der Waals surface area contributed by atoms with Crippen molar-refractivity contribution in [1.29, 1.82) is 0 Å². The van der Waals surface area contributed by atoms with E-state index in [1.54, 1.807) is 6.92 Å². The number of carbonyl (C=O) groups excluding carboxylic acids is 1. The van der Waals surface area contributed by atoms with Gasteiger partial charge < -0.3 is 10.1 Å². The van der Waals surface area contributed by atoms with Crippen LogP contribution in [0.4, 0.5) is 0 Å². The predicted octanol–water partition coefficient (Wildman–Crippen LogP) is 2.89. The van der Waals surface area contributed by atoms with Crippen molar-refractivity contribution in [2.24, 2.45) is 5.11 Å². The van der Waals surface area contributed by atoms with Gasteiger partial charge in [-0.05, 0) is 37.9 Å². The number of azide groups is 1. The Kier molecular flexibility index (Phi) is 7.17. The third-order valence-corrected chi connectivity index (χ3v) is 2.78. The van der Waals surface area contributed by atoms with E-state index >= 15 is 0 Å². The Morgan fingerprint density at radius 1 is 1.45 bits per heavy atom. The van der Waals surface area contributed by atoms with Crippen LogP contribution in [-0.2, 0) is 9.53 Å². The van der Waals surface area contributed by atoms with Crippen molar-refractivity contribution < 1.29 is 9.53 Å². The lowest BCUT2D eigenvalue weighted by Crippen LogP contribution is -2.31. The average molecular weight is 276 g/mol. The van der Waals surface area contributed by atoms with Crippen LogP contribution in [0.25, 0.3) is 10.4 Å². The summed E-state index contributed by atoms with van der Waals surface area (Å²) in [6.45, 7) is 5.12. The Balaban J connectivity index is 2.67. The number of ether oxygens (including phenoxy) is 1. The van der Waals surface area contributed by atoms with Gasteiger partial charge in [0.15, 0.2) is 0 Å². The number of esters is 1. The molecule has 0 saturated heterocycles. The van der Waals surface area contributed by atoms with Gasteiger partial charge in [0.1, 0.15) is 6.04 Å². The first kappa shape index (κ1) is 16.0. The van der Waals surface area contributed by atoms with E-state index in [2.05, 4.69) is 15.3 Å². The summed E-state index contributed by atoms with van der Waals surface area (Å²) in [5.41, 5.74) is 10.2. The predicted molar refractivity (Wildman–Crippen MR) is 77.2 cm³/mol. The number of rotatable bonds is 8. The minimum absolute atomic E-state index is 0.292. The zero-order valence-corrected chi connectivity index (χ0v) is 11.9. The maximum absolute atomic E-state index is 12.0. The van der Waals surface area contributed by atoms with E-state index in [-0.39, 0.29) is 5.97 Å². The van der Waals surface area contributed by atoms with E-state index in [1.807, 2.05) is 31.2 Å². The standard InChI is InChI=1S/C14H20N4O2/c1-3-20-14(19)13(16-9-4-10-17-18-15)12-7-5-11(2)6-8-12/h5-8,13,16H,3-4,9-10H2,1-2H3. The molecule has 1 N–H and O–H groups in total. The molecule has 0 heterocycles. The van der Waals surface area contributed by atoms with Gasteiger partial charge in [0, 0.05) is 11.5 Å². The quantitative estimate of drug-likeness (QED) is 0.260. The fourth-order valence-corrected chi connectivity index (χ4v) is 1.76. The van der Waals surface area contributed by atoms with Gasteiger partial charge >= 0.3 is 5.97 Å². The lowest BCUT2D eigenvalue weighted by atomic mass is 10.1. The van der Waals surface area contributed by atoms with Crippen molar-refractivity contribution in [3.05, 3.63) is 45.8 Å². The summed E-state index contributed by atoms with van der Waals surface area (Å²) < 4.78 is 5.08. The molecular weight excluding hydrogens is 256 g/mol. The summed E-state index contributed by atoms with van der Waals surface area (Å²) in [6.07, 6.45) is 0.672. The second-order valence-electron chi connectivity index (χ2n) is 4.36. The Labute approximate surface area is 118 Å². The van der Waals surface area contributed by atoms with Crippen LogP contribution >= 0.6 is 0 Å². The zero-order valence-electron chi connectivity index (χ0n) is 11.9. The molecule has 6 heteroatoms. The van der Waals surface area contributed by atoms with Gasteiger partial charge in [-0.1, -0.05) is 34.9 Å². The maximum atomic E-state index is 12.0. The van der Waals surface area contributed by atoms with E-state index in [1.165, 1.54) is 0 Å². The molecule has 108 valence electrons. The van der Waals surface area contributed by atoms with Crippen LogP contribution < -0.4 is 5.32 Å². The molecule has 0 aliphatic heterocycles. The van der Waals surface area contributed by atoms with Crippen LogP contribution in [0.5, 0.6) is 0 Å². The minimum Gasteiger partial charge on any atom is -0.465 e. The first-order valence-electron chi connectivity index (χ1n) is 6.66. The van der Waals surface area contributed by atoms with Crippen LogP contribution in [-0.4, -0.2) is 25.7 Å². The average Bonchev–Trinajstić information content (AvgIpc) is 2.44. The van der Waals surface area contributed by atoms with Gasteiger partial charge in [-0.2, -0.15) is 0 Å². The first-order valence-corrected chi connectivity index (χ1v) is 6.66. The van der Waals surface area contributed by atoms with Crippen LogP contribution in [0, 0.1) is 6.92 Å². The second kappa shape index (κ2) is 8.96. The van der Waals surface area contributed by atoms with E-state index in [0.717, 1.165) is 11.1 Å². The molecule has 0 bridgehead atoms. The van der Waals surface area contributed by atoms with Crippen molar-refractivity contribution in [3.63, 3.8) is 0 Å². The monoisotopic (exact) mass is 276 g/mol. The number of hydrogen-bond acceptors (Lipinski definition) is 4. The number of aryl methyl sites for hydroxylation is 1. The molecule has 0 fully saturated rings. The molecule has 0 amide bonds. The maximum Gasteiger partial charge on any atom is 0.327 e. The third-order valence-electron chi connectivity index (χ3n) is 2.78. The highest BCUT2D eigenvalue weighted by Crippen LogP contribution is 2.15. The molecule has 0 saturated carbocycles. The molecule has 1 aromatic carbocycles. The molecule has 0 spiro atoms. The van der Waals surface area contributed by atoms with E-state index < -0.39 is 6.04 Å². The van der Waals surface area contributed by atoms with Gasteiger partial charge in [-0.15, -0.1) is 0 Å². The minimum atomic E-state index is -0.485. The van der Waals surface area contributed by atoms with E-state index in [4.69, 9.17) is 10.3 Å². The second-order valence-corrected chi connectivity index (χ2v) is 4.36. The normalized spacial score (nSPS) is 11.5. The van der Waals surface area contributed by atoms with Gasteiger partial charge in [0.2, 0.25) is 0 Å². The lowest BCUT2D eigenvalue weighted by molar-refractivity contribution is -0.145. The molecule has 0 radical (unpaired) electrons. The van der Waals surface area contributed by atoms with E-state index in [0.29, 0.717) is 26.1 Å². The number of carbonyl (C=O) groups is 1. The molecule has 0 aliphatic carbocycles. The highest BCUT2D eigenvalue weighted by atomic mass is 16.5. The summed E-state index contributed by atoms with van der Waals surface area (Å²) in [7, 11) is 0. The SMILES string of the molecule is CCOC(=O)C(NCCCN=[N+]=[N-])c1ccc(C)cc1. The van der Waals surface area contributed by atoms with Crippen LogP contribution in [0.2, 0.25) is 0 Å². The van der Waals surface area contributed by atoms with Crippen LogP contribution in [0.15, 0.2) is 29.4 Å². The number of nitrogens with zero attached hydrogens (tertiary/aromatic N) is 3. The van der Waals surface area contributed by atoms with Gasteiger partial charge in [-0.25, -0.2) is 4.79 Å². The van der Waals surface area contributed by atoms with Crippen molar-refractivity contribution in [1.82, 2.24) is 5.32 Å². The smallest absolute Gasteiger partial charge is 0.327 e. The molecule has 6 nitrogen and oxygen atoms in total. The van der Waals surface area contributed by atoms with Crippen molar-refractivity contribution in [2.75, 3.05) is 19.7 Å². The Hall–Kier alpha value is -2.04. The van der Waals surface area contributed by atoms with Gasteiger partial charge in [0.05, 0.1) is 6.61 Å². The number of benzene rings is 1. The molecule has 1 atom stereocenters. The highest BCUT2D eigenvalue weighted by Gasteiger charge is 2.20. The lowest BCUT2D eigenvalue weighted by Gasteiger charge is -2.17. The largest absolute Gasteiger partial charge is 0.465 e. The molecule has 20 heavy (non-hydrogen) atoms. The van der Waals surface area contributed by atoms with Crippen LogP contribution in [0.1, 0.15) is 30.5 Å². The molecule has 0 aromatic heterocycles. The fourth-order valence-electron chi connectivity index (χ4n) is 1.76.